The predicted molar refractivity (Wildman–Crippen MR) is 67.5 cm³/mol. The molecule has 1 heterocycles. The van der Waals surface area contributed by atoms with Crippen molar-refractivity contribution in [3.05, 3.63) is 29.6 Å². The molecule has 1 atom stereocenters. The van der Waals surface area contributed by atoms with Gasteiger partial charge in [0.25, 0.3) is 0 Å². The smallest absolute Gasteiger partial charge is 0.0422 e. The van der Waals surface area contributed by atoms with E-state index in [1.54, 1.807) is 0 Å². The highest BCUT2D eigenvalue weighted by Crippen LogP contribution is 2.33. The molecule has 1 aliphatic carbocycles. The third-order valence-electron chi connectivity index (χ3n) is 3.22. The maximum Gasteiger partial charge on any atom is 0.0422 e. The first-order valence-corrected chi connectivity index (χ1v) is 6.45. The Balaban J connectivity index is 1.94. The van der Waals surface area contributed by atoms with Gasteiger partial charge in [0, 0.05) is 23.9 Å². The second kappa shape index (κ2) is 5.44. The summed E-state index contributed by atoms with van der Waals surface area (Å²) in [6.07, 6.45) is 5.09. The summed E-state index contributed by atoms with van der Waals surface area (Å²) >= 11 is 0. The Morgan fingerprint density at radius 2 is 2.25 bits per heavy atom. The molecule has 2 rings (SSSR count). The predicted octanol–water partition coefficient (Wildman–Crippen LogP) is 2.71. The van der Waals surface area contributed by atoms with Crippen molar-refractivity contribution >= 4 is 0 Å². The molecule has 0 bridgehead atoms. The van der Waals surface area contributed by atoms with Crippen molar-refractivity contribution in [1.29, 1.82) is 0 Å². The average Bonchev–Trinajstić information content (AvgIpc) is 3.08. The van der Waals surface area contributed by atoms with Gasteiger partial charge < -0.3 is 5.32 Å². The van der Waals surface area contributed by atoms with Crippen LogP contribution in [0.5, 0.6) is 0 Å². The molecule has 1 fully saturated rings. The molecule has 1 aliphatic rings. The van der Waals surface area contributed by atoms with Gasteiger partial charge in [-0.3, -0.25) is 4.98 Å². The van der Waals surface area contributed by atoms with Gasteiger partial charge in [0.2, 0.25) is 0 Å². The van der Waals surface area contributed by atoms with Gasteiger partial charge in [0.1, 0.15) is 0 Å². The Kier molecular flexibility index (Phi) is 3.94. The molecule has 0 aliphatic heterocycles. The molecule has 1 N–H and O–H groups in total. The van der Waals surface area contributed by atoms with Crippen molar-refractivity contribution in [3.63, 3.8) is 0 Å². The van der Waals surface area contributed by atoms with Gasteiger partial charge in [-0.15, -0.1) is 0 Å². The van der Waals surface area contributed by atoms with E-state index in [4.69, 9.17) is 0 Å². The highest BCUT2D eigenvalue weighted by atomic mass is 14.9. The highest BCUT2D eigenvalue weighted by Gasteiger charge is 2.30. The summed E-state index contributed by atoms with van der Waals surface area (Å²) in [6, 6.07) is 6.97. The lowest BCUT2D eigenvalue weighted by Crippen LogP contribution is -2.34. The van der Waals surface area contributed by atoms with E-state index in [9.17, 15) is 0 Å². The van der Waals surface area contributed by atoms with E-state index in [0.717, 1.165) is 24.6 Å². The standard InChI is InChI=1S/C14H22N2/c1-3-9-15-14(12-7-8-12)10-13-6-4-5-11(2)16-13/h4-6,12,14-15H,3,7-10H2,1-2H3. The lowest BCUT2D eigenvalue weighted by atomic mass is 10.1. The summed E-state index contributed by atoms with van der Waals surface area (Å²) in [4.78, 5) is 4.59. The fourth-order valence-corrected chi connectivity index (χ4v) is 2.17. The van der Waals surface area contributed by atoms with E-state index in [0.29, 0.717) is 6.04 Å². The minimum atomic E-state index is 0.647. The maximum atomic E-state index is 4.59. The van der Waals surface area contributed by atoms with Crippen molar-refractivity contribution in [2.45, 2.75) is 45.6 Å². The Hall–Kier alpha value is -0.890. The first kappa shape index (κ1) is 11.6. The summed E-state index contributed by atoms with van der Waals surface area (Å²) in [6.45, 7) is 5.42. The largest absolute Gasteiger partial charge is 0.313 e. The van der Waals surface area contributed by atoms with Crippen molar-refractivity contribution in [1.82, 2.24) is 10.3 Å². The lowest BCUT2D eigenvalue weighted by molar-refractivity contribution is 0.456. The highest BCUT2D eigenvalue weighted by molar-refractivity contribution is 5.12. The molecule has 2 heteroatoms. The topological polar surface area (TPSA) is 24.9 Å². The van der Waals surface area contributed by atoms with Crippen molar-refractivity contribution in [2.24, 2.45) is 5.92 Å². The fraction of sp³-hybridized carbons (Fsp3) is 0.643. The SMILES string of the molecule is CCCNC(Cc1cccc(C)n1)C1CC1. The van der Waals surface area contributed by atoms with Crippen molar-refractivity contribution < 1.29 is 0 Å². The van der Waals surface area contributed by atoms with Gasteiger partial charge in [0.15, 0.2) is 0 Å². The van der Waals surface area contributed by atoms with Crippen LogP contribution in [0.3, 0.4) is 0 Å². The Labute approximate surface area is 98.5 Å². The summed E-state index contributed by atoms with van der Waals surface area (Å²) in [7, 11) is 0. The third-order valence-corrected chi connectivity index (χ3v) is 3.22. The van der Waals surface area contributed by atoms with Gasteiger partial charge >= 0.3 is 0 Å². The molecule has 0 spiro atoms. The van der Waals surface area contributed by atoms with Crippen LogP contribution in [-0.4, -0.2) is 17.6 Å². The van der Waals surface area contributed by atoms with Crippen LogP contribution in [0.2, 0.25) is 0 Å². The van der Waals surface area contributed by atoms with Crippen LogP contribution in [-0.2, 0) is 6.42 Å². The molecule has 1 unspecified atom stereocenters. The lowest BCUT2D eigenvalue weighted by Gasteiger charge is -2.17. The quantitative estimate of drug-likeness (QED) is 0.794. The number of nitrogens with zero attached hydrogens (tertiary/aromatic N) is 1. The minimum absolute atomic E-state index is 0.647. The van der Waals surface area contributed by atoms with E-state index in [1.807, 2.05) is 0 Å². The summed E-state index contributed by atoms with van der Waals surface area (Å²) < 4.78 is 0. The number of rotatable bonds is 6. The summed E-state index contributed by atoms with van der Waals surface area (Å²) in [5, 5.41) is 3.66. The zero-order chi connectivity index (χ0) is 11.4. The number of aromatic nitrogens is 1. The van der Waals surface area contributed by atoms with E-state index in [2.05, 4.69) is 42.3 Å². The van der Waals surface area contributed by atoms with Crippen molar-refractivity contribution in [2.75, 3.05) is 6.54 Å². The molecular formula is C14H22N2. The molecule has 1 aromatic heterocycles. The Morgan fingerprint density at radius 3 is 2.88 bits per heavy atom. The average molecular weight is 218 g/mol. The van der Waals surface area contributed by atoms with Crippen molar-refractivity contribution in [3.8, 4) is 0 Å². The fourth-order valence-electron chi connectivity index (χ4n) is 2.17. The normalized spacial score (nSPS) is 17.4. The molecular weight excluding hydrogens is 196 g/mol. The maximum absolute atomic E-state index is 4.59. The number of hydrogen-bond donors (Lipinski definition) is 1. The van der Waals surface area contributed by atoms with Crippen LogP contribution in [0.1, 0.15) is 37.6 Å². The molecule has 2 nitrogen and oxygen atoms in total. The molecule has 0 amide bonds. The molecule has 0 aromatic carbocycles. The van der Waals surface area contributed by atoms with Crippen LogP contribution in [0.15, 0.2) is 18.2 Å². The molecule has 1 aromatic rings. The number of nitrogens with one attached hydrogen (secondary N) is 1. The second-order valence-corrected chi connectivity index (χ2v) is 4.87. The van der Waals surface area contributed by atoms with Crippen LogP contribution < -0.4 is 5.32 Å². The molecule has 88 valence electrons. The molecule has 1 saturated carbocycles. The summed E-state index contributed by atoms with van der Waals surface area (Å²) in [5.74, 6) is 0.897. The first-order chi connectivity index (χ1) is 7.79. The van der Waals surface area contributed by atoms with Gasteiger partial charge in [-0.2, -0.15) is 0 Å². The summed E-state index contributed by atoms with van der Waals surface area (Å²) in [5.41, 5.74) is 2.36. The first-order valence-electron chi connectivity index (χ1n) is 6.45. The van der Waals surface area contributed by atoms with Crippen LogP contribution in [0.4, 0.5) is 0 Å². The van der Waals surface area contributed by atoms with Gasteiger partial charge in [0.05, 0.1) is 0 Å². The van der Waals surface area contributed by atoms with E-state index < -0.39 is 0 Å². The zero-order valence-corrected chi connectivity index (χ0v) is 10.4. The van der Waals surface area contributed by atoms with E-state index >= 15 is 0 Å². The monoisotopic (exact) mass is 218 g/mol. The number of pyridine rings is 1. The van der Waals surface area contributed by atoms with Crippen LogP contribution in [0.25, 0.3) is 0 Å². The number of aryl methyl sites for hydroxylation is 1. The Bertz CT molecular complexity index is 331. The second-order valence-electron chi connectivity index (χ2n) is 4.87. The third kappa shape index (κ3) is 3.31. The van der Waals surface area contributed by atoms with Gasteiger partial charge in [-0.05, 0) is 50.8 Å². The van der Waals surface area contributed by atoms with E-state index in [-0.39, 0.29) is 0 Å². The Morgan fingerprint density at radius 1 is 1.44 bits per heavy atom. The van der Waals surface area contributed by atoms with Crippen LogP contribution in [0, 0.1) is 12.8 Å². The van der Waals surface area contributed by atoms with Crippen LogP contribution >= 0.6 is 0 Å². The molecule has 16 heavy (non-hydrogen) atoms. The van der Waals surface area contributed by atoms with Gasteiger partial charge in [-0.1, -0.05) is 13.0 Å². The van der Waals surface area contributed by atoms with E-state index in [1.165, 1.54) is 25.0 Å². The molecule has 0 saturated heterocycles. The molecule has 0 radical (unpaired) electrons. The minimum Gasteiger partial charge on any atom is -0.313 e. The zero-order valence-electron chi connectivity index (χ0n) is 10.4. The van der Waals surface area contributed by atoms with Gasteiger partial charge in [-0.25, -0.2) is 0 Å². The number of hydrogen-bond acceptors (Lipinski definition) is 2.